The van der Waals surface area contributed by atoms with Gasteiger partial charge in [0.1, 0.15) is 11.1 Å². The first kappa shape index (κ1) is 14.3. The average molecular weight is 272 g/mol. The van der Waals surface area contributed by atoms with E-state index < -0.39 is 11.3 Å². The fourth-order valence-electron chi connectivity index (χ4n) is 1.13. The maximum Gasteiger partial charge on any atom is 0.325 e. The van der Waals surface area contributed by atoms with E-state index in [1.165, 1.54) is 7.11 Å². The summed E-state index contributed by atoms with van der Waals surface area (Å²) < 4.78 is 9.64. The van der Waals surface area contributed by atoms with Crippen LogP contribution >= 0.6 is 11.6 Å². The Morgan fingerprint density at radius 3 is 2.61 bits per heavy atom. The molecule has 6 heteroatoms. The zero-order valence-corrected chi connectivity index (χ0v) is 10.6. The van der Waals surface area contributed by atoms with Gasteiger partial charge in [0.05, 0.1) is 7.11 Å². The number of halogens is 1. The van der Waals surface area contributed by atoms with E-state index in [1.54, 1.807) is 24.3 Å². The maximum absolute atomic E-state index is 11.4. The Morgan fingerprint density at radius 1 is 1.33 bits per heavy atom. The smallest absolute Gasteiger partial charge is 0.325 e. The zero-order chi connectivity index (χ0) is 13.4. The van der Waals surface area contributed by atoms with E-state index in [-0.39, 0.29) is 19.1 Å². The molecule has 18 heavy (non-hydrogen) atoms. The number of alkyl halides is 1. The van der Waals surface area contributed by atoms with Gasteiger partial charge in [-0.1, -0.05) is 18.2 Å². The fraction of sp³-hybridized carbons (Fsp3) is 0.333. The number of methoxy groups -OCH3 is 1. The Labute approximate surface area is 110 Å². The van der Waals surface area contributed by atoms with Crippen LogP contribution in [0.1, 0.15) is 0 Å². The van der Waals surface area contributed by atoms with Crippen molar-refractivity contribution in [1.29, 1.82) is 0 Å². The number of para-hydroxylation sites is 1. The Bertz CT molecular complexity index is 396. The van der Waals surface area contributed by atoms with Crippen molar-refractivity contribution in [2.24, 2.45) is 0 Å². The van der Waals surface area contributed by atoms with Gasteiger partial charge >= 0.3 is 5.97 Å². The lowest BCUT2D eigenvalue weighted by Gasteiger charge is -2.09. The van der Waals surface area contributed by atoms with Gasteiger partial charge in [-0.25, -0.2) is 0 Å². The highest BCUT2D eigenvalue weighted by atomic mass is 35.5. The third-order valence-corrected chi connectivity index (χ3v) is 2.38. The number of benzene rings is 1. The van der Waals surface area contributed by atoms with Gasteiger partial charge in [-0.2, -0.15) is 0 Å². The number of hydrogen-bond acceptors (Lipinski definition) is 4. The Morgan fingerprint density at radius 2 is 2.00 bits per heavy atom. The highest BCUT2D eigenvalue weighted by molar-refractivity contribution is 6.30. The van der Waals surface area contributed by atoms with Gasteiger partial charge in [0.25, 0.3) is 5.91 Å². The summed E-state index contributed by atoms with van der Waals surface area (Å²) in [7, 11) is 1.23. The summed E-state index contributed by atoms with van der Waals surface area (Å²) in [5, 5.41) is 1.58. The van der Waals surface area contributed by atoms with E-state index in [0.717, 1.165) is 0 Å². The van der Waals surface area contributed by atoms with E-state index in [2.05, 4.69) is 10.1 Å². The number of hydrogen-bond donors (Lipinski definition) is 1. The SMILES string of the molecule is COC(=O)C(Cl)CNC(=O)COc1ccccc1. The summed E-state index contributed by atoms with van der Waals surface area (Å²) in [5.41, 5.74) is 0. The van der Waals surface area contributed by atoms with E-state index in [0.29, 0.717) is 5.75 Å². The molecule has 0 bridgehead atoms. The van der Waals surface area contributed by atoms with Crippen LogP contribution in [0.5, 0.6) is 5.75 Å². The molecule has 0 radical (unpaired) electrons. The molecule has 0 fully saturated rings. The molecule has 1 aromatic rings. The van der Waals surface area contributed by atoms with Crippen molar-refractivity contribution in [1.82, 2.24) is 5.32 Å². The van der Waals surface area contributed by atoms with Crippen molar-refractivity contribution in [3.05, 3.63) is 30.3 Å². The van der Waals surface area contributed by atoms with Gasteiger partial charge in [0.15, 0.2) is 6.61 Å². The van der Waals surface area contributed by atoms with Crippen LogP contribution in [0.4, 0.5) is 0 Å². The van der Waals surface area contributed by atoms with Crippen LogP contribution in [0.25, 0.3) is 0 Å². The minimum Gasteiger partial charge on any atom is -0.484 e. The van der Waals surface area contributed by atoms with Crippen LogP contribution in [0.3, 0.4) is 0 Å². The first-order valence-electron chi connectivity index (χ1n) is 5.30. The van der Waals surface area contributed by atoms with E-state index >= 15 is 0 Å². The molecule has 98 valence electrons. The van der Waals surface area contributed by atoms with Crippen molar-refractivity contribution in [2.75, 3.05) is 20.3 Å². The lowest BCUT2D eigenvalue weighted by Crippen LogP contribution is -2.36. The number of amides is 1. The van der Waals surface area contributed by atoms with Crippen LogP contribution in [0.2, 0.25) is 0 Å². The largest absolute Gasteiger partial charge is 0.484 e. The van der Waals surface area contributed by atoms with Gasteiger partial charge in [0.2, 0.25) is 0 Å². The topological polar surface area (TPSA) is 64.6 Å². The van der Waals surface area contributed by atoms with Gasteiger partial charge in [-0.15, -0.1) is 11.6 Å². The van der Waals surface area contributed by atoms with Crippen LogP contribution in [0.15, 0.2) is 30.3 Å². The second kappa shape index (κ2) is 7.55. The second-order valence-corrected chi connectivity index (χ2v) is 3.92. The number of nitrogens with one attached hydrogen (secondary N) is 1. The molecule has 1 aromatic carbocycles. The van der Waals surface area contributed by atoms with E-state index in [9.17, 15) is 9.59 Å². The average Bonchev–Trinajstić information content (AvgIpc) is 2.42. The maximum atomic E-state index is 11.4. The molecule has 0 heterocycles. The van der Waals surface area contributed by atoms with Gasteiger partial charge in [-0.05, 0) is 12.1 Å². The van der Waals surface area contributed by atoms with Crippen molar-refractivity contribution in [3.63, 3.8) is 0 Å². The molecule has 0 aliphatic rings. The molecule has 0 aliphatic heterocycles. The van der Waals surface area contributed by atoms with Gasteiger partial charge < -0.3 is 14.8 Å². The summed E-state index contributed by atoms with van der Waals surface area (Å²) >= 11 is 5.66. The molecule has 5 nitrogen and oxygen atoms in total. The Balaban J connectivity index is 2.24. The van der Waals surface area contributed by atoms with Crippen LogP contribution in [0, 0.1) is 0 Å². The molecule has 0 saturated heterocycles. The van der Waals surface area contributed by atoms with Crippen molar-refractivity contribution < 1.29 is 19.1 Å². The minimum atomic E-state index is -0.893. The molecule has 0 aromatic heterocycles. The summed E-state index contributed by atoms with van der Waals surface area (Å²) in [6, 6.07) is 8.94. The third kappa shape index (κ3) is 5.05. The lowest BCUT2D eigenvalue weighted by atomic mass is 10.3. The fourth-order valence-corrected chi connectivity index (χ4v) is 1.30. The summed E-state index contributed by atoms with van der Waals surface area (Å²) in [6.45, 7) is -0.125. The zero-order valence-electron chi connectivity index (χ0n) is 9.89. The van der Waals surface area contributed by atoms with Crippen molar-refractivity contribution in [2.45, 2.75) is 5.38 Å². The number of carbonyl (C=O) groups is 2. The molecular formula is C12H14ClNO4. The molecule has 1 unspecified atom stereocenters. The summed E-state index contributed by atoms with van der Waals surface area (Å²) in [5.74, 6) is -0.336. The Kier molecular flexibility index (Phi) is 6.00. The van der Waals surface area contributed by atoms with Crippen molar-refractivity contribution in [3.8, 4) is 5.75 Å². The quantitative estimate of drug-likeness (QED) is 0.618. The molecule has 1 atom stereocenters. The number of esters is 1. The molecule has 0 saturated carbocycles. The normalized spacial score (nSPS) is 11.4. The van der Waals surface area contributed by atoms with Crippen LogP contribution in [-0.4, -0.2) is 37.5 Å². The monoisotopic (exact) mass is 271 g/mol. The van der Waals surface area contributed by atoms with Crippen LogP contribution in [-0.2, 0) is 14.3 Å². The Hall–Kier alpha value is -1.75. The minimum absolute atomic E-state index is 0.00517. The molecule has 0 spiro atoms. The molecule has 1 N–H and O–H groups in total. The molecule has 1 amide bonds. The van der Waals surface area contributed by atoms with Crippen molar-refractivity contribution >= 4 is 23.5 Å². The molecule has 0 aliphatic carbocycles. The first-order chi connectivity index (χ1) is 8.63. The highest BCUT2D eigenvalue weighted by Crippen LogP contribution is 2.07. The predicted molar refractivity (Wildman–Crippen MR) is 66.6 cm³/mol. The number of ether oxygens (including phenoxy) is 2. The van der Waals surface area contributed by atoms with Gasteiger partial charge in [-0.3, -0.25) is 9.59 Å². The number of rotatable bonds is 6. The highest BCUT2D eigenvalue weighted by Gasteiger charge is 2.16. The molecule has 1 rings (SSSR count). The number of carbonyl (C=O) groups excluding carboxylic acids is 2. The molecular weight excluding hydrogens is 258 g/mol. The third-order valence-electron chi connectivity index (χ3n) is 2.05. The van der Waals surface area contributed by atoms with Gasteiger partial charge in [0, 0.05) is 6.54 Å². The second-order valence-electron chi connectivity index (χ2n) is 3.40. The van der Waals surface area contributed by atoms with E-state index in [1.807, 2.05) is 6.07 Å². The first-order valence-corrected chi connectivity index (χ1v) is 5.73. The summed E-state index contributed by atoms with van der Waals surface area (Å²) in [4.78, 5) is 22.4. The standard InChI is InChI=1S/C12H14ClNO4/c1-17-12(16)10(13)7-14-11(15)8-18-9-5-3-2-4-6-9/h2-6,10H,7-8H2,1H3,(H,14,15). The van der Waals surface area contributed by atoms with Crippen LogP contribution < -0.4 is 10.1 Å². The summed E-state index contributed by atoms with van der Waals surface area (Å²) in [6.07, 6.45) is 0. The van der Waals surface area contributed by atoms with E-state index in [4.69, 9.17) is 16.3 Å². The predicted octanol–water partition coefficient (Wildman–Crippen LogP) is 0.962. The lowest BCUT2D eigenvalue weighted by molar-refractivity contribution is -0.140.